The highest BCUT2D eigenvalue weighted by Crippen LogP contribution is 2.32. The Bertz CT molecular complexity index is 653. The first-order valence-electron chi connectivity index (χ1n) is 9.27. The molecule has 8 heteroatoms. The molecule has 1 aromatic rings. The Morgan fingerprint density at radius 3 is 2.26 bits per heavy atom. The SMILES string of the molecule is NCC1(C(=O)N2CCN(C(=O)COc3ccc(F)cc3)CC2)CCOCC1. The van der Waals surface area contributed by atoms with Gasteiger partial charge in [0, 0.05) is 45.9 Å². The smallest absolute Gasteiger partial charge is 0.260 e. The number of hydrogen-bond acceptors (Lipinski definition) is 5. The Kier molecular flexibility index (Phi) is 6.28. The van der Waals surface area contributed by atoms with E-state index >= 15 is 0 Å². The third kappa shape index (κ3) is 4.56. The molecule has 2 N–H and O–H groups in total. The number of nitrogens with zero attached hydrogens (tertiary/aromatic N) is 2. The highest BCUT2D eigenvalue weighted by molar-refractivity contribution is 5.84. The average Bonchev–Trinajstić information content (AvgIpc) is 2.73. The van der Waals surface area contributed by atoms with Crippen molar-refractivity contribution in [1.29, 1.82) is 0 Å². The fraction of sp³-hybridized carbons (Fsp3) is 0.579. The monoisotopic (exact) mass is 379 g/mol. The fourth-order valence-corrected chi connectivity index (χ4v) is 3.53. The summed E-state index contributed by atoms with van der Waals surface area (Å²) in [6.07, 6.45) is 1.29. The van der Waals surface area contributed by atoms with Crippen molar-refractivity contribution >= 4 is 11.8 Å². The summed E-state index contributed by atoms with van der Waals surface area (Å²) in [5.74, 6) is 0.0196. The number of benzene rings is 1. The second-order valence-electron chi connectivity index (χ2n) is 7.01. The van der Waals surface area contributed by atoms with Crippen LogP contribution in [0.4, 0.5) is 4.39 Å². The standard InChI is InChI=1S/C19H26FN3O4/c20-15-1-3-16(4-2-15)27-13-17(24)22-7-9-23(10-8-22)18(25)19(14-21)5-11-26-12-6-19/h1-4H,5-14,21H2. The van der Waals surface area contributed by atoms with Crippen LogP contribution in [0.3, 0.4) is 0 Å². The number of carbonyl (C=O) groups excluding carboxylic acids is 2. The van der Waals surface area contributed by atoms with E-state index in [1.807, 2.05) is 4.90 Å². The summed E-state index contributed by atoms with van der Waals surface area (Å²) in [5.41, 5.74) is 5.39. The first kappa shape index (κ1) is 19.6. The Morgan fingerprint density at radius 1 is 1.07 bits per heavy atom. The molecule has 2 fully saturated rings. The van der Waals surface area contributed by atoms with Crippen LogP contribution >= 0.6 is 0 Å². The van der Waals surface area contributed by atoms with Gasteiger partial charge in [0.05, 0.1) is 5.41 Å². The van der Waals surface area contributed by atoms with Crippen LogP contribution in [0, 0.1) is 11.2 Å². The molecule has 1 aromatic carbocycles. The molecule has 0 bridgehead atoms. The molecule has 27 heavy (non-hydrogen) atoms. The predicted molar refractivity (Wildman–Crippen MR) is 96.6 cm³/mol. The molecule has 0 atom stereocenters. The molecule has 2 amide bonds. The molecular formula is C19H26FN3O4. The molecule has 0 aliphatic carbocycles. The lowest BCUT2D eigenvalue weighted by atomic mass is 9.78. The summed E-state index contributed by atoms with van der Waals surface area (Å²) in [6, 6.07) is 5.54. The maximum absolute atomic E-state index is 13.0. The molecule has 3 rings (SSSR count). The average molecular weight is 379 g/mol. The summed E-state index contributed by atoms with van der Waals surface area (Å²) in [6.45, 7) is 3.24. The zero-order chi connectivity index (χ0) is 19.3. The van der Waals surface area contributed by atoms with E-state index in [0.29, 0.717) is 64.5 Å². The second kappa shape index (κ2) is 8.67. The molecule has 7 nitrogen and oxygen atoms in total. The van der Waals surface area contributed by atoms with Gasteiger partial charge in [-0.25, -0.2) is 4.39 Å². The third-order valence-corrected chi connectivity index (χ3v) is 5.39. The van der Waals surface area contributed by atoms with Crippen LogP contribution in [0.25, 0.3) is 0 Å². The number of hydrogen-bond donors (Lipinski definition) is 1. The number of halogens is 1. The normalized spacial score (nSPS) is 19.6. The number of nitrogens with two attached hydrogens (primary N) is 1. The number of piperazine rings is 1. The maximum Gasteiger partial charge on any atom is 0.260 e. The minimum atomic E-state index is -0.532. The van der Waals surface area contributed by atoms with Crippen molar-refractivity contribution in [3.05, 3.63) is 30.1 Å². The van der Waals surface area contributed by atoms with Gasteiger partial charge in [-0.1, -0.05) is 0 Å². The second-order valence-corrected chi connectivity index (χ2v) is 7.01. The van der Waals surface area contributed by atoms with Gasteiger partial charge in [0.15, 0.2) is 6.61 Å². The van der Waals surface area contributed by atoms with Crippen molar-refractivity contribution in [2.24, 2.45) is 11.1 Å². The van der Waals surface area contributed by atoms with Crippen LogP contribution in [-0.4, -0.2) is 74.2 Å². The topological polar surface area (TPSA) is 85.1 Å². The van der Waals surface area contributed by atoms with E-state index in [4.69, 9.17) is 15.2 Å². The summed E-state index contributed by atoms with van der Waals surface area (Å²) in [5, 5.41) is 0. The molecule has 148 valence electrons. The van der Waals surface area contributed by atoms with Crippen molar-refractivity contribution in [2.45, 2.75) is 12.8 Å². The van der Waals surface area contributed by atoms with Gasteiger partial charge < -0.3 is 25.0 Å². The maximum atomic E-state index is 13.0. The Labute approximate surface area is 158 Å². The summed E-state index contributed by atoms with van der Waals surface area (Å²) in [4.78, 5) is 28.8. The van der Waals surface area contributed by atoms with E-state index in [9.17, 15) is 14.0 Å². The molecule has 0 unspecified atom stereocenters. The minimum Gasteiger partial charge on any atom is -0.484 e. The predicted octanol–water partition coefficient (Wildman–Crippen LogP) is 0.631. The van der Waals surface area contributed by atoms with Gasteiger partial charge in [-0.3, -0.25) is 9.59 Å². The lowest BCUT2D eigenvalue weighted by molar-refractivity contribution is -0.151. The molecule has 0 radical (unpaired) electrons. The summed E-state index contributed by atoms with van der Waals surface area (Å²) < 4.78 is 23.7. The van der Waals surface area contributed by atoms with Gasteiger partial charge in [0.2, 0.25) is 5.91 Å². The summed E-state index contributed by atoms with van der Waals surface area (Å²) in [7, 11) is 0. The van der Waals surface area contributed by atoms with E-state index in [2.05, 4.69) is 0 Å². The van der Waals surface area contributed by atoms with Crippen LogP contribution in [0.5, 0.6) is 5.75 Å². The molecule has 2 heterocycles. The minimum absolute atomic E-state index is 0.0722. The van der Waals surface area contributed by atoms with Gasteiger partial charge >= 0.3 is 0 Å². The van der Waals surface area contributed by atoms with E-state index in [0.717, 1.165) is 0 Å². The first-order valence-corrected chi connectivity index (χ1v) is 9.27. The largest absolute Gasteiger partial charge is 0.484 e. The molecule has 0 spiro atoms. The van der Waals surface area contributed by atoms with Gasteiger partial charge in [-0.05, 0) is 37.1 Å². The molecule has 0 saturated carbocycles. The van der Waals surface area contributed by atoms with Crippen molar-refractivity contribution < 1.29 is 23.5 Å². The molecular weight excluding hydrogens is 353 g/mol. The van der Waals surface area contributed by atoms with Crippen molar-refractivity contribution in [1.82, 2.24) is 9.80 Å². The number of amides is 2. The highest BCUT2D eigenvalue weighted by Gasteiger charge is 2.42. The van der Waals surface area contributed by atoms with Crippen molar-refractivity contribution in [3.8, 4) is 5.75 Å². The highest BCUT2D eigenvalue weighted by atomic mass is 19.1. The van der Waals surface area contributed by atoms with Gasteiger partial charge in [0.1, 0.15) is 11.6 Å². The van der Waals surface area contributed by atoms with Crippen LogP contribution in [-0.2, 0) is 14.3 Å². The van der Waals surface area contributed by atoms with Crippen LogP contribution < -0.4 is 10.5 Å². The summed E-state index contributed by atoms with van der Waals surface area (Å²) >= 11 is 0. The number of ether oxygens (including phenoxy) is 2. The van der Waals surface area contributed by atoms with Crippen LogP contribution in [0.2, 0.25) is 0 Å². The van der Waals surface area contributed by atoms with Crippen molar-refractivity contribution in [3.63, 3.8) is 0 Å². The van der Waals surface area contributed by atoms with E-state index in [1.165, 1.54) is 24.3 Å². The van der Waals surface area contributed by atoms with Crippen LogP contribution in [0.1, 0.15) is 12.8 Å². The number of carbonyl (C=O) groups is 2. The molecule has 2 aliphatic rings. The molecule has 2 saturated heterocycles. The van der Waals surface area contributed by atoms with Gasteiger partial charge in [-0.15, -0.1) is 0 Å². The zero-order valence-electron chi connectivity index (χ0n) is 15.4. The zero-order valence-corrected chi connectivity index (χ0v) is 15.4. The molecule has 0 aromatic heterocycles. The fourth-order valence-electron chi connectivity index (χ4n) is 3.53. The Morgan fingerprint density at radius 2 is 1.67 bits per heavy atom. The quantitative estimate of drug-likeness (QED) is 0.811. The first-order chi connectivity index (χ1) is 13.0. The van der Waals surface area contributed by atoms with Gasteiger partial charge in [0.25, 0.3) is 5.91 Å². The third-order valence-electron chi connectivity index (χ3n) is 5.39. The van der Waals surface area contributed by atoms with E-state index < -0.39 is 5.41 Å². The molecule has 2 aliphatic heterocycles. The lowest BCUT2D eigenvalue weighted by Crippen LogP contribution is -2.57. The van der Waals surface area contributed by atoms with E-state index in [-0.39, 0.29) is 24.2 Å². The van der Waals surface area contributed by atoms with Crippen molar-refractivity contribution in [2.75, 3.05) is 52.5 Å². The number of rotatable bonds is 5. The van der Waals surface area contributed by atoms with Gasteiger partial charge in [-0.2, -0.15) is 0 Å². The van der Waals surface area contributed by atoms with E-state index in [1.54, 1.807) is 4.90 Å². The Balaban J connectivity index is 1.48. The van der Waals surface area contributed by atoms with Crippen LogP contribution in [0.15, 0.2) is 24.3 Å². The Hall–Kier alpha value is -2.19. The lowest BCUT2D eigenvalue weighted by Gasteiger charge is -2.42.